The lowest BCUT2D eigenvalue weighted by Gasteiger charge is -1.90. The lowest BCUT2D eigenvalue weighted by atomic mass is 10.2. The van der Waals surface area contributed by atoms with E-state index in [9.17, 15) is 0 Å². The molecule has 0 aliphatic carbocycles. The molecule has 0 fully saturated rings. The number of hydrogen-bond donors (Lipinski definition) is 4. The normalized spacial score (nSPS) is 9.23. The Morgan fingerprint density at radius 3 is 0.846 bits per heavy atom. The van der Waals surface area contributed by atoms with Gasteiger partial charge in [0.2, 0.25) is 0 Å². The van der Waals surface area contributed by atoms with Crippen molar-refractivity contribution in [1.29, 1.82) is 0 Å². The van der Waals surface area contributed by atoms with Crippen LogP contribution in [0.25, 0.3) is 0 Å². The maximum Gasteiger partial charge on any atom is 0.0431 e. The zero-order valence-electron chi connectivity index (χ0n) is 8.15. The Labute approximate surface area is 79.8 Å². The zero-order chi connectivity index (χ0) is 10.4. The minimum absolute atomic E-state index is 0.195. The van der Waals surface area contributed by atoms with Crippen LogP contribution < -0.4 is 0 Å². The largest absolute Gasteiger partial charge is 0.396 e. The minimum atomic E-state index is 0.195. The van der Waals surface area contributed by atoms with Crippen molar-refractivity contribution in [3.05, 3.63) is 0 Å². The van der Waals surface area contributed by atoms with Crippen LogP contribution in [0.5, 0.6) is 0 Å². The lowest BCUT2D eigenvalue weighted by molar-refractivity contribution is 0.242. The van der Waals surface area contributed by atoms with Crippen LogP contribution in [-0.2, 0) is 0 Å². The third-order valence-electron chi connectivity index (χ3n) is 1.38. The van der Waals surface area contributed by atoms with Crippen molar-refractivity contribution in [2.75, 3.05) is 26.4 Å². The molecule has 4 nitrogen and oxygen atoms in total. The Bertz CT molecular complexity index is 60.6. The van der Waals surface area contributed by atoms with Crippen molar-refractivity contribution < 1.29 is 20.4 Å². The predicted octanol–water partition coefficient (Wildman–Crippen LogP) is -0.108. The number of aliphatic hydroxyl groups is 4. The predicted molar refractivity (Wildman–Crippen MR) is 51.4 cm³/mol. The van der Waals surface area contributed by atoms with Gasteiger partial charge in [-0.05, 0) is 32.1 Å². The van der Waals surface area contributed by atoms with E-state index in [0.29, 0.717) is 0 Å². The molecule has 0 rings (SSSR count). The molecule has 0 aromatic heterocycles. The van der Waals surface area contributed by atoms with Crippen molar-refractivity contribution in [2.45, 2.75) is 32.1 Å². The summed E-state index contributed by atoms with van der Waals surface area (Å²) in [6, 6.07) is 0. The fourth-order valence-corrected chi connectivity index (χ4v) is 0.624. The van der Waals surface area contributed by atoms with Crippen LogP contribution in [0.4, 0.5) is 0 Å². The monoisotopic (exact) mass is 194 g/mol. The van der Waals surface area contributed by atoms with Gasteiger partial charge in [-0.2, -0.15) is 0 Å². The van der Waals surface area contributed by atoms with Crippen LogP contribution in [0, 0.1) is 0 Å². The van der Waals surface area contributed by atoms with Gasteiger partial charge in [0.15, 0.2) is 0 Å². The Kier molecular flexibility index (Phi) is 21.0. The molecule has 4 N–H and O–H groups in total. The number of rotatable bonds is 7. The van der Waals surface area contributed by atoms with Gasteiger partial charge in [-0.1, -0.05) is 0 Å². The molecule has 0 aliphatic heterocycles. The van der Waals surface area contributed by atoms with Gasteiger partial charge in [-0.25, -0.2) is 0 Å². The summed E-state index contributed by atoms with van der Waals surface area (Å²) in [5.74, 6) is 0. The van der Waals surface area contributed by atoms with Crippen molar-refractivity contribution in [3.63, 3.8) is 0 Å². The first-order valence-corrected chi connectivity index (χ1v) is 4.76. The van der Waals surface area contributed by atoms with Gasteiger partial charge in [0.1, 0.15) is 0 Å². The number of aliphatic hydroxyl groups excluding tert-OH is 4. The molecule has 0 aliphatic rings. The highest BCUT2D eigenvalue weighted by Crippen LogP contribution is 1.90. The summed E-state index contributed by atoms with van der Waals surface area (Å²) in [5, 5.41) is 32.6. The first-order chi connectivity index (χ1) is 6.33. The van der Waals surface area contributed by atoms with Crippen molar-refractivity contribution in [2.24, 2.45) is 0 Å². The van der Waals surface area contributed by atoms with Crippen molar-refractivity contribution >= 4 is 0 Å². The highest BCUT2D eigenvalue weighted by atomic mass is 16.3. The molecular weight excluding hydrogens is 172 g/mol. The van der Waals surface area contributed by atoms with E-state index in [1.807, 2.05) is 0 Å². The molecule has 0 radical (unpaired) electrons. The lowest BCUT2D eigenvalue weighted by Crippen LogP contribution is -1.85. The Morgan fingerprint density at radius 1 is 0.385 bits per heavy atom. The zero-order valence-corrected chi connectivity index (χ0v) is 8.15. The van der Waals surface area contributed by atoms with Crippen molar-refractivity contribution in [3.8, 4) is 0 Å². The quantitative estimate of drug-likeness (QED) is 0.426. The van der Waals surface area contributed by atoms with Crippen LogP contribution >= 0.6 is 0 Å². The summed E-state index contributed by atoms with van der Waals surface area (Å²) in [7, 11) is 0. The molecule has 0 unspecified atom stereocenters. The third-order valence-corrected chi connectivity index (χ3v) is 1.38. The van der Waals surface area contributed by atoms with E-state index in [2.05, 4.69) is 0 Å². The summed E-state index contributed by atoms with van der Waals surface area (Å²) < 4.78 is 0. The van der Waals surface area contributed by atoms with Crippen molar-refractivity contribution in [1.82, 2.24) is 0 Å². The van der Waals surface area contributed by atoms with Gasteiger partial charge in [-0.3, -0.25) is 0 Å². The third kappa shape index (κ3) is 24.5. The second kappa shape index (κ2) is 17.8. The first kappa shape index (κ1) is 15.3. The van der Waals surface area contributed by atoms with Crippen LogP contribution in [0.3, 0.4) is 0 Å². The van der Waals surface area contributed by atoms with Gasteiger partial charge < -0.3 is 20.4 Å². The van der Waals surface area contributed by atoms with E-state index >= 15 is 0 Å². The summed E-state index contributed by atoms with van der Waals surface area (Å²) in [5.41, 5.74) is 0. The van der Waals surface area contributed by atoms with Gasteiger partial charge in [-0.15, -0.1) is 0 Å². The average molecular weight is 194 g/mol. The molecule has 82 valence electrons. The van der Waals surface area contributed by atoms with E-state index in [1.165, 1.54) is 0 Å². The number of hydrogen-bond acceptors (Lipinski definition) is 4. The van der Waals surface area contributed by atoms with E-state index < -0.39 is 0 Å². The summed E-state index contributed by atoms with van der Waals surface area (Å²) >= 11 is 0. The average Bonchev–Trinajstić information content (AvgIpc) is 2.17. The van der Waals surface area contributed by atoms with E-state index in [1.54, 1.807) is 0 Å². The second-order valence-electron chi connectivity index (χ2n) is 2.66. The van der Waals surface area contributed by atoms with Gasteiger partial charge in [0, 0.05) is 26.4 Å². The topological polar surface area (TPSA) is 80.9 Å². The second-order valence-corrected chi connectivity index (χ2v) is 2.66. The molecule has 0 saturated carbocycles. The van der Waals surface area contributed by atoms with Crippen LogP contribution in [0.15, 0.2) is 0 Å². The maximum absolute atomic E-state index is 8.21. The summed E-state index contributed by atoms with van der Waals surface area (Å²) in [6.07, 6.45) is 4.02. The van der Waals surface area contributed by atoms with E-state index in [-0.39, 0.29) is 26.4 Å². The minimum Gasteiger partial charge on any atom is -0.396 e. The molecule has 0 atom stereocenters. The van der Waals surface area contributed by atoms with Crippen LogP contribution in [0.2, 0.25) is 0 Å². The SMILES string of the molecule is OCCCCCO.OCCCCO. The summed E-state index contributed by atoms with van der Waals surface area (Å²) in [4.78, 5) is 0. The highest BCUT2D eigenvalue weighted by molar-refractivity contribution is 4.35. The fourth-order valence-electron chi connectivity index (χ4n) is 0.624. The maximum atomic E-state index is 8.21. The molecule has 0 saturated heterocycles. The Balaban J connectivity index is 0. The molecule has 0 aromatic carbocycles. The molecular formula is C9H22O4. The van der Waals surface area contributed by atoms with Crippen LogP contribution in [-0.4, -0.2) is 46.9 Å². The number of unbranched alkanes of at least 4 members (excludes halogenated alkanes) is 3. The Hall–Kier alpha value is -0.160. The molecule has 0 heterocycles. The molecule has 13 heavy (non-hydrogen) atoms. The van der Waals surface area contributed by atoms with E-state index in [4.69, 9.17) is 20.4 Å². The smallest absolute Gasteiger partial charge is 0.0431 e. The molecule has 0 bridgehead atoms. The molecule has 0 aromatic rings. The summed E-state index contributed by atoms with van der Waals surface area (Å²) in [6.45, 7) is 0.890. The van der Waals surface area contributed by atoms with Gasteiger partial charge >= 0.3 is 0 Å². The Morgan fingerprint density at radius 2 is 0.615 bits per heavy atom. The highest BCUT2D eigenvalue weighted by Gasteiger charge is 1.81. The van der Waals surface area contributed by atoms with Crippen LogP contribution in [0.1, 0.15) is 32.1 Å². The first-order valence-electron chi connectivity index (χ1n) is 4.76. The van der Waals surface area contributed by atoms with Gasteiger partial charge in [0.25, 0.3) is 0 Å². The van der Waals surface area contributed by atoms with Gasteiger partial charge in [0.05, 0.1) is 0 Å². The molecule has 0 spiro atoms. The fraction of sp³-hybridized carbons (Fsp3) is 1.00. The molecule has 0 amide bonds. The van der Waals surface area contributed by atoms with E-state index in [0.717, 1.165) is 32.1 Å². The standard InChI is InChI=1S/C5H12O2.C4H10O2/c6-4-2-1-3-5-7;5-3-1-2-4-6/h6-7H,1-5H2;5-6H,1-4H2. The molecule has 4 heteroatoms.